The molecule has 102 valence electrons. The molecule has 1 aromatic heterocycles. The summed E-state index contributed by atoms with van der Waals surface area (Å²) >= 11 is 0. The molecule has 0 aromatic carbocycles. The summed E-state index contributed by atoms with van der Waals surface area (Å²) in [5.74, 6) is -0.564. The molecule has 8 nitrogen and oxygen atoms in total. The smallest absolute Gasteiger partial charge is 0.342 e. The van der Waals surface area contributed by atoms with E-state index >= 15 is 0 Å². The van der Waals surface area contributed by atoms with Gasteiger partial charge in [0.1, 0.15) is 11.6 Å². The van der Waals surface area contributed by atoms with E-state index in [1.807, 2.05) is 0 Å². The molecule has 0 unspecified atom stereocenters. The number of pyridine rings is 1. The first-order chi connectivity index (χ1) is 8.10. The quantitative estimate of drug-likeness (QED) is 0.489. The molecule has 0 spiro atoms. The molecule has 0 aliphatic rings. The van der Waals surface area contributed by atoms with Crippen molar-refractivity contribution >= 4 is 21.0 Å². The second-order valence-corrected chi connectivity index (χ2v) is 7.41. The van der Waals surface area contributed by atoms with Gasteiger partial charge in [-0.2, -0.15) is 0 Å². The number of nitrogens with one attached hydrogen (secondary N) is 1. The van der Waals surface area contributed by atoms with Gasteiger partial charge in [0.05, 0.1) is 6.20 Å². The van der Waals surface area contributed by atoms with Gasteiger partial charge >= 0.3 is 15.2 Å². The molecular formula is C7H11FN2O6P2. The van der Waals surface area contributed by atoms with Crippen LogP contribution in [0, 0.1) is 5.82 Å². The zero-order valence-electron chi connectivity index (χ0n) is 8.84. The van der Waals surface area contributed by atoms with Gasteiger partial charge in [-0.05, 0) is 12.1 Å². The summed E-state index contributed by atoms with van der Waals surface area (Å²) < 4.78 is 34.4. The van der Waals surface area contributed by atoms with E-state index in [-0.39, 0.29) is 5.82 Å². The van der Waals surface area contributed by atoms with Crippen LogP contribution in [0.25, 0.3) is 0 Å². The van der Waals surface area contributed by atoms with Crippen molar-refractivity contribution in [1.82, 2.24) is 4.98 Å². The topological polar surface area (TPSA) is 140 Å². The van der Waals surface area contributed by atoms with E-state index in [0.29, 0.717) is 0 Å². The Morgan fingerprint density at radius 2 is 1.78 bits per heavy atom. The molecule has 0 atom stereocenters. The average molecular weight is 300 g/mol. The first kappa shape index (κ1) is 15.2. The zero-order chi connectivity index (χ0) is 14.0. The average Bonchev–Trinajstić information content (AvgIpc) is 2.17. The van der Waals surface area contributed by atoms with Crippen LogP contribution in [-0.4, -0.2) is 36.5 Å². The molecule has 0 radical (unpaired) electrons. The largest absolute Gasteiger partial charge is 0.368 e. The number of hydrogen-bond acceptors (Lipinski definition) is 4. The standard InChI is InChI=1S/C7H11FN2O6P2/c8-5-1-2-6(9-3-5)10-4-7(17(11,12)13)18(14,15)16/h1-3,7H,4H2,(H,9,10)(H2,11,12,13)(H2,14,15,16). The summed E-state index contributed by atoms with van der Waals surface area (Å²) in [5, 5.41) is 0.153. The molecule has 0 saturated heterocycles. The Hall–Kier alpha value is -0.820. The Balaban J connectivity index is 2.78. The molecule has 18 heavy (non-hydrogen) atoms. The van der Waals surface area contributed by atoms with Crippen LogP contribution in [0.5, 0.6) is 0 Å². The Bertz CT molecular complexity index is 475. The number of nitrogens with zero attached hydrogens (tertiary/aromatic N) is 1. The zero-order valence-corrected chi connectivity index (χ0v) is 10.6. The minimum Gasteiger partial charge on any atom is -0.368 e. The van der Waals surface area contributed by atoms with Gasteiger partial charge in [0.15, 0.2) is 5.40 Å². The van der Waals surface area contributed by atoms with Crippen LogP contribution in [0.4, 0.5) is 10.2 Å². The lowest BCUT2D eigenvalue weighted by Crippen LogP contribution is -2.20. The number of rotatable bonds is 5. The lowest BCUT2D eigenvalue weighted by Gasteiger charge is -2.19. The van der Waals surface area contributed by atoms with E-state index in [9.17, 15) is 13.5 Å². The van der Waals surface area contributed by atoms with E-state index in [0.717, 1.165) is 12.3 Å². The fourth-order valence-electron chi connectivity index (χ4n) is 1.11. The van der Waals surface area contributed by atoms with Crippen LogP contribution in [0.1, 0.15) is 0 Å². The van der Waals surface area contributed by atoms with Gasteiger partial charge in [0.25, 0.3) is 0 Å². The van der Waals surface area contributed by atoms with Crippen molar-refractivity contribution in [3.63, 3.8) is 0 Å². The van der Waals surface area contributed by atoms with Crippen molar-refractivity contribution in [2.75, 3.05) is 11.9 Å². The van der Waals surface area contributed by atoms with Gasteiger partial charge in [0, 0.05) is 6.54 Å². The number of hydrogen-bond donors (Lipinski definition) is 5. The Labute approximate surface area is 101 Å². The molecule has 0 aliphatic carbocycles. The molecule has 1 aromatic rings. The van der Waals surface area contributed by atoms with Gasteiger partial charge < -0.3 is 24.9 Å². The number of aromatic nitrogens is 1. The fraction of sp³-hybridized carbons (Fsp3) is 0.286. The van der Waals surface area contributed by atoms with Crippen LogP contribution >= 0.6 is 15.2 Å². The first-order valence-corrected chi connectivity index (χ1v) is 7.93. The van der Waals surface area contributed by atoms with Gasteiger partial charge in [-0.25, -0.2) is 9.37 Å². The van der Waals surface area contributed by atoms with E-state index in [1.54, 1.807) is 0 Å². The lowest BCUT2D eigenvalue weighted by molar-refractivity contribution is 0.340. The van der Waals surface area contributed by atoms with Crippen LogP contribution < -0.4 is 5.32 Å². The van der Waals surface area contributed by atoms with Gasteiger partial charge in [-0.15, -0.1) is 0 Å². The Morgan fingerprint density at radius 1 is 1.22 bits per heavy atom. The molecule has 0 amide bonds. The van der Waals surface area contributed by atoms with Crippen molar-refractivity contribution in [3.8, 4) is 0 Å². The molecule has 5 N–H and O–H groups in total. The van der Waals surface area contributed by atoms with Crippen molar-refractivity contribution in [1.29, 1.82) is 0 Å². The van der Waals surface area contributed by atoms with Crippen LogP contribution in [-0.2, 0) is 9.13 Å². The fourth-order valence-corrected chi connectivity index (χ4v) is 3.34. The van der Waals surface area contributed by atoms with Crippen LogP contribution in [0.15, 0.2) is 18.3 Å². The predicted molar refractivity (Wildman–Crippen MR) is 60.6 cm³/mol. The summed E-state index contributed by atoms with van der Waals surface area (Å²) in [6.45, 7) is -0.687. The summed E-state index contributed by atoms with van der Waals surface area (Å²) in [5.41, 5.74) is 0. The Kier molecular flexibility index (Phi) is 4.61. The summed E-state index contributed by atoms with van der Waals surface area (Å²) in [4.78, 5) is 38.9. The normalized spacial score (nSPS) is 12.8. The highest BCUT2D eigenvalue weighted by Gasteiger charge is 2.43. The predicted octanol–water partition coefficient (Wildman–Crippen LogP) is 0.314. The van der Waals surface area contributed by atoms with Gasteiger partial charge in [-0.1, -0.05) is 0 Å². The molecule has 0 aliphatic heterocycles. The molecule has 0 bridgehead atoms. The molecular weight excluding hydrogens is 289 g/mol. The van der Waals surface area contributed by atoms with E-state index in [2.05, 4.69) is 10.3 Å². The molecule has 1 rings (SSSR count). The minimum absolute atomic E-state index is 0.0447. The van der Waals surface area contributed by atoms with Crippen molar-refractivity contribution in [2.24, 2.45) is 0 Å². The monoisotopic (exact) mass is 300 g/mol. The lowest BCUT2D eigenvalue weighted by atomic mass is 10.4. The van der Waals surface area contributed by atoms with Gasteiger partial charge in [0.2, 0.25) is 0 Å². The third kappa shape index (κ3) is 4.45. The highest BCUT2D eigenvalue weighted by molar-refractivity contribution is 7.70. The maximum atomic E-state index is 12.5. The van der Waals surface area contributed by atoms with E-state index < -0.39 is 33.0 Å². The molecule has 0 fully saturated rings. The number of anilines is 1. The first-order valence-electron chi connectivity index (χ1n) is 4.56. The van der Waals surface area contributed by atoms with E-state index in [1.165, 1.54) is 6.07 Å². The van der Waals surface area contributed by atoms with Crippen LogP contribution in [0.2, 0.25) is 0 Å². The van der Waals surface area contributed by atoms with Gasteiger partial charge in [-0.3, -0.25) is 9.13 Å². The highest BCUT2D eigenvalue weighted by Crippen LogP contribution is 2.59. The van der Waals surface area contributed by atoms with Crippen LogP contribution in [0.3, 0.4) is 0 Å². The minimum atomic E-state index is -4.97. The maximum absolute atomic E-state index is 12.5. The third-order valence-electron chi connectivity index (χ3n) is 1.97. The SMILES string of the molecule is O=P(O)(O)C(CNc1ccc(F)cn1)P(=O)(O)O. The summed E-state index contributed by atoms with van der Waals surface area (Å²) in [7, 11) is -9.94. The Morgan fingerprint density at radius 3 is 2.17 bits per heavy atom. The summed E-state index contributed by atoms with van der Waals surface area (Å²) in [6.07, 6.45) is 0.853. The van der Waals surface area contributed by atoms with Crippen molar-refractivity contribution in [3.05, 3.63) is 24.1 Å². The highest BCUT2D eigenvalue weighted by atomic mass is 31.2. The summed E-state index contributed by atoms with van der Waals surface area (Å²) in [6, 6.07) is 2.21. The van der Waals surface area contributed by atoms with Crippen molar-refractivity contribution in [2.45, 2.75) is 5.40 Å². The number of halogens is 1. The van der Waals surface area contributed by atoms with Crippen molar-refractivity contribution < 1.29 is 33.1 Å². The molecule has 11 heteroatoms. The molecule has 0 saturated carbocycles. The third-order valence-corrected chi connectivity index (χ3v) is 5.69. The maximum Gasteiger partial charge on any atom is 0.342 e. The second-order valence-electron chi connectivity index (χ2n) is 3.40. The van der Waals surface area contributed by atoms with E-state index in [4.69, 9.17) is 19.6 Å². The second kappa shape index (κ2) is 5.44. The molecule has 1 heterocycles.